The fourth-order valence-corrected chi connectivity index (χ4v) is 3.20. The third-order valence-electron chi connectivity index (χ3n) is 4.46. The zero-order valence-electron chi connectivity index (χ0n) is 13.8. The fraction of sp³-hybridized carbons (Fsp3) is 0.444. The molecular formula is C18H24ClN5. The van der Waals surface area contributed by atoms with Crippen molar-refractivity contribution in [2.24, 2.45) is 10.7 Å². The van der Waals surface area contributed by atoms with Gasteiger partial charge in [0.2, 0.25) is 0 Å². The van der Waals surface area contributed by atoms with Crippen molar-refractivity contribution in [1.82, 2.24) is 14.7 Å². The van der Waals surface area contributed by atoms with Crippen LogP contribution in [-0.4, -0.2) is 40.3 Å². The highest BCUT2D eigenvalue weighted by atomic mass is 35.5. The highest BCUT2D eigenvalue weighted by Crippen LogP contribution is 2.20. The summed E-state index contributed by atoms with van der Waals surface area (Å²) in [6, 6.07) is 9.77. The summed E-state index contributed by atoms with van der Waals surface area (Å²) in [6.07, 6.45) is 8.68. The van der Waals surface area contributed by atoms with Crippen LogP contribution in [0.5, 0.6) is 0 Å². The van der Waals surface area contributed by atoms with E-state index in [9.17, 15) is 0 Å². The van der Waals surface area contributed by atoms with Crippen molar-refractivity contribution in [3.8, 4) is 0 Å². The van der Waals surface area contributed by atoms with Crippen molar-refractivity contribution >= 4 is 17.6 Å². The molecule has 6 heteroatoms. The molecule has 1 aliphatic heterocycles. The summed E-state index contributed by atoms with van der Waals surface area (Å²) in [5.74, 6) is 0.642. The number of nitrogens with two attached hydrogens (primary N) is 1. The van der Waals surface area contributed by atoms with E-state index in [-0.39, 0.29) is 6.04 Å². The standard InChI is InChI=1S/C18H24ClN5/c19-16-8-6-15(7-9-16)17(24-13-5-10-22-24)14-21-18(20)23-11-3-1-2-4-12-23/h5-10,13,17H,1-4,11-12,14H2,(H2,20,21). The quantitative estimate of drug-likeness (QED) is 0.683. The van der Waals surface area contributed by atoms with Gasteiger partial charge in [-0.05, 0) is 36.6 Å². The highest BCUT2D eigenvalue weighted by Gasteiger charge is 2.16. The Morgan fingerprint density at radius 1 is 1.17 bits per heavy atom. The van der Waals surface area contributed by atoms with Crippen LogP contribution in [0.1, 0.15) is 37.3 Å². The number of rotatable bonds is 4. The van der Waals surface area contributed by atoms with Crippen LogP contribution in [0.3, 0.4) is 0 Å². The molecule has 1 aliphatic rings. The summed E-state index contributed by atoms with van der Waals surface area (Å²) in [5.41, 5.74) is 7.37. The topological polar surface area (TPSA) is 59.4 Å². The van der Waals surface area contributed by atoms with Crippen LogP contribution in [0, 0.1) is 0 Å². The molecule has 3 rings (SSSR count). The Balaban J connectivity index is 1.76. The van der Waals surface area contributed by atoms with Crippen LogP contribution in [0.15, 0.2) is 47.7 Å². The van der Waals surface area contributed by atoms with Crippen LogP contribution in [0.25, 0.3) is 0 Å². The summed E-state index contributed by atoms with van der Waals surface area (Å²) in [4.78, 5) is 6.87. The third kappa shape index (κ3) is 4.29. The van der Waals surface area contributed by atoms with E-state index in [1.807, 2.05) is 41.2 Å². The number of halogens is 1. The van der Waals surface area contributed by atoms with Gasteiger partial charge in [0.1, 0.15) is 0 Å². The molecule has 2 N–H and O–H groups in total. The molecule has 1 aromatic carbocycles. The lowest BCUT2D eigenvalue weighted by Gasteiger charge is -2.22. The van der Waals surface area contributed by atoms with E-state index in [4.69, 9.17) is 17.3 Å². The number of nitrogens with zero attached hydrogens (tertiary/aromatic N) is 4. The molecule has 2 aromatic rings. The highest BCUT2D eigenvalue weighted by molar-refractivity contribution is 6.30. The van der Waals surface area contributed by atoms with E-state index < -0.39 is 0 Å². The van der Waals surface area contributed by atoms with Crippen LogP contribution in [0.4, 0.5) is 0 Å². The van der Waals surface area contributed by atoms with Crippen LogP contribution < -0.4 is 5.73 Å². The Morgan fingerprint density at radius 3 is 2.50 bits per heavy atom. The van der Waals surface area contributed by atoms with Gasteiger partial charge in [0.15, 0.2) is 5.96 Å². The smallest absolute Gasteiger partial charge is 0.191 e. The number of guanidine groups is 1. The minimum atomic E-state index is 0.0165. The molecule has 2 heterocycles. The van der Waals surface area contributed by atoms with Gasteiger partial charge in [0.05, 0.1) is 12.6 Å². The normalized spacial score (nSPS) is 17.5. The van der Waals surface area contributed by atoms with E-state index in [0.717, 1.165) is 23.7 Å². The molecule has 128 valence electrons. The van der Waals surface area contributed by atoms with Gasteiger partial charge in [-0.15, -0.1) is 0 Å². The SMILES string of the molecule is NC(=NCC(c1ccc(Cl)cc1)n1cccn1)N1CCCCCC1. The lowest BCUT2D eigenvalue weighted by molar-refractivity contribution is 0.425. The summed E-state index contributed by atoms with van der Waals surface area (Å²) >= 11 is 6.01. The van der Waals surface area contributed by atoms with Crippen molar-refractivity contribution in [2.75, 3.05) is 19.6 Å². The first-order chi connectivity index (χ1) is 11.7. The second kappa shape index (κ2) is 8.20. The van der Waals surface area contributed by atoms with Gasteiger partial charge in [-0.2, -0.15) is 5.10 Å². The molecule has 1 saturated heterocycles. The second-order valence-electron chi connectivity index (χ2n) is 6.15. The van der Waals surface area contributed by atoms with E-state index in [1.54, 1.807) is 6.20 Å². The average molecular weight is 346 g/mol. The summed E-state index contributed by atoms with van der Waals surface area (Å²) in [5, 5.41) is 5.11. The van der Waals surface area contributed by atoms with E-state index in [2.05, 4.69) is 15.0 Å². The lowest BCUT2D eigenvalue weighted by atomic mass is 10.1. The number of aliphatic imine (C=N–C) groups is 1. The maximum atomic E-state index is 6.25. The number of hydrogen-bond acceptors (Lipinski definition) is 2. The van der Waals surface area contributed by atoms with Gasteiger partial charge in [0.25, 0.3) is 0 Å². The molecular weight excluding hydrogens is 322 g/mol. The first-order valence-corrected chi connectivity index (χ1v) is 8.91. The van der Waals surface area contributed by atoms with Crippen LogP contribution >= 0.6 is 11.6 Å². The Morgan fingerprint density at radius 2 is 1.88 bits per heavy atom. The molecule has 0 amide bonds. The molecule has 5 nitrogen and oxygen atoms in total. The Hall–Kier alpha value is -2.01. The number of hydrogen-bond donors (Lipinski definition) is 1. The molecule has 0 radical (unpaired) electrons. The first kappa shape index (κ1) is 16.8. The zero-order chi connectivity index (χ0) is 16.8. The Bertz CT molecular complexity index is 643. The van der Waals surface area contributed by atoms with Gasteiger partial charge in [-0.3, -0.25) is 9.67 Å². The minimum Gasteiger partial charge on any atom is -0.370 e. The molecule has 1 unspecified atom stereocenters. The predicted molar refractivity (Wildman–Crippen MR) is 98.3 cm³/mol. The molecule has 1 aromatic heterocycles. The largest absolute Gasteiger partial charge is 0.370 e. The van der Waals surface area contributed by atoms with Crippen LogP contribution in [0.2, 0.25) is 5.02 Å². The lowest BCUT2D eigenvalue weighted by Crippen LogP contribution is -2.38. The number of benzene rings is 1. The molecule has 1 fully saturated rings. The van der Waals surface area contributed by atoms with Gasteiger partial charge in [-0.25, -0.2) is 0 Å². The van der Waals surface area contributed by atoms with Crippen LogP contribution in [-0.2, 0) is 0 Å². The average Bonchev–Trinajstić information content (AvgIpc) is 2.98. The van der Waals surface area contributed by atoms with Crippen molar-refractivity contribution in [3.05, 3.63) is 53.3 Å². The van der Waals surface area contributed by atoms with Crippen molar-refractivity contribution in [1.29, 1.82) is 0 Å². The molecule has 0 aliphatic carbocycles. The van der Waals surface area contributed by atoms with E-state index in [1.165, 1.54) is 25.7 Å². The van der Waals surface area contributed by atoms with Gasteiger partial charge in [0, 0.05) is 30.5 Å². The van der Waals surface area contributed by atoms with Crippen molar-refractivity contribution in [2.45, 2.75) is 31.7 Å². The second-order valence-corrected chi connectivity index (χ2v) is 6.59. The van der Waals surface area contributed by atoms with E-state index >= 15 is 0 Å². The van der Waals surface area contributed by atoms with Crippen molar-refractivity contribution in [3.63, 3.8) is 0 Å². The summed E-state index contributed by atoms with van der Waals surface area (Å²) in [7, 11) is 0. The predicted octanol–water partition coefficient (Wildman–Crippen LogP) is 3.32. The maximum absolute atomic E-state index is 6.25. The molecule has 1 atom stereocenters. The molecule has 0 saturated carbocycles. The molecule has 24 heavy (non-hydrogen) atoms. The third-order valence-corrected chi connectivity index (χ3v) is 4.71. The first-order valence-electron chi connectivity index (χ1n) is 8.53. The zero-order valence-corrected chi connectivity index (χ0v) is 14.6. The van der Waals surface area contributed by atoms with E-state index in [0.29, 0.717) is 12.5 Å². The molecule has 0 spiro atoms. The summed E-state index contributed by atoms with van der Waals surface area (Å²) in [6.45, 7) is 2.57. The number of aromatic nitrogens is 2. The number of likely N-dealkylation sites (tertiary alicyclic amines) is 1. The molecule has 0 bridgehead atoms. The Labute approximate surface area is 148 Å². The van der Waals surface area contributed by atoms with Gasteiger partial charge >= 0.3 is 0 Å². The Kier molecular flexibility index (Phi) is 5.75. The monoisotopic (exact) mass is 345 g/mol. The van der Waals surface area contributed by atoms with Crippen molar-refractivity contribution < 1.29 is 0 Å². The maximum Gasteiger partial charge on any atom is 0.191 e. The minimum absolute atomic E-state index is 0.0165. The van der Waals surface area contributed by atoms with Gasteiger partial charge < -0.3 is 10.6 Å². The summed E-state index contributed by atoms with van der Waals surface area (Å²) < 4.78 is 1.92. The fourth-order valence-electron chi connectivity index (χ4n) is 3.07. The van der Waals surface area contributed by atoms with Gasteiger partial charge in [-0.1, -0.05) is 36.6 Å².